The first-order valence-corrected chi connectivity index (χ1v) is 13.9. The molecule has 0 radical (unpaired) electrons. The number of aldehydes is 1. The molecule has 0 unspecified atom stereocenters. The van der Waals surface area contributed by atoms with Crippen LogP contribution in [-0.2, 0) is 4.79 Å². The Bertz CT molecular complexity index is 1420. The highest BCUT2D eigenvalue weighted by molar-refractivity contribution is 8.00. The summed E-state index contributed by atoms with van der Waals surface area (Å²) in [7, 11) is 1.00. The molecule has 0 spiro atoms. The summed E-state index contributed by atoms with van der Waals surface area (Å²) in [5, 5.41) is 11.8. The Hall–Kier alpha value is -3.74. The number of hydrogen-bond acceptors (Lipinski definition) is 11. The lowest BCUT2D eigenvalue weighted by atomic mass is 10.2. The lowest BCUT2D eigenvalue weighted by Crippen LogP contribution is -2.13. The first-order valence-electron chi connectivity index (χ1n) is 12.2. The van der Waals surface area contributed by atoms with Gasteiger partial charge in [0.05, 0.1) is 17.3 Å². The summed E-state index contributed by atoms with van der Waals surface area (Å²) in [6.45, 7) is 3.74. The number of carbonyl (C=O) groups excluding carboxylic acids is 2. The topological polar surface area (TPSA) is 133 Å². The second-order valence-electron chi connectivity index (χ2n) is 8.54. The number of thiazole rings is 1. The number of aromatic nitrogens is 3. The fourth-order valence-corrected chi connectivity index (χ4v) is 5.11. The molecule has 1 saturated carbocycles. The molecule has 0 atom stereocenters. The van der Waals surface area contributed by atoms with Crippen LogP contribution in [0.3, 0.4) is 0 Å². The molecule has 3 heterocycles. The van der Waals surface area contributed by atoms with Crippen molar-refractivity contribution in [2.24, 2.45) is 0 Å². The van der Waals surface area contributed by atoms with Gasteiger partial charge in [0.25, 0.3) is 5.91 Å². The third-order valence-corrected chi connectivity index (χ3v) is 7.19. The number of nitrogens with zero attached hydrogens (tertiary/aromatic N) is 3. The van der Waals surface area contributed by atoms with Gasteiger partial charge in [0, 0.05) is 30.1 Å². The third kappa shape index (κ3) is 8.12. The zero-order valence-electron chi connectivity index (χ0n) is 21.6. The molecular formula is C27H28N4O6S2. The molecule has 5 rings (SSSR count). The summed E-state index contributed by atoms with van der Waals surface area (Å²) in [6.07, 6.45) is 4.73. The van der Waals surface area contributed by atoms with Crippen LogP contribution in [0, 0.1) is 0 Å². The average Bonchev–Trinajstić information content (AvgIpc) is 3.65. The summed E-state index contributed by atoms with van der Waals surface area (Å²) in [5.74, 6) is 1.48. The van der Waals surface area contributed by atoms with E-state index in [1.807, 2.05) is 26.0 Å². The SMILES string of the molecule is CC(C)Oc1cc(Oc2ccc(SC3CC3)nc2)cc(C(=O)Nc2nc3ccc(OCC=O)nc3s2)c1.CO. The van der Waals surface area contributed by atoms with Crippen LogP contribution in [-0.4, -0.2) is 57.3 Å². The second-order valence-corrected chi connectivity index (χ2v) is 10.8. The van der Waals surface area contributed by atoms with E-state index >= 15 is 0 Å². The van der Waals surface area contributed by atoms with Crippen molar-refractivity contribution in [3.63, 3.8) is 0 Å². The minimum Gasteiger partial charge on any atom is -0.491 e. The van der Waals surface area contributed by atoms with Gasteiger partial charge >= 0.3 is 0 Å². The van der Waals surface area contributed by atoms with Gasteiger partial charge in [0.1, 0.15) is 34.2 Å². The highest BCUT2D eigenvalue weighted by Crippen LogP contribution is 2.38. The van der Waals surface area contributed by atoms with Gasteiger partial charge in [-0.25, -0.2) is 15.0 Å². The van der Waals surface area contributed by atoms with E-state index in [0.717, 1.165) is 12.1 Å². The molecule has 3 aromatic heterocycles. The Kier molecular flexibility index (Phi) is 9.69. The number of fused-ring (bicyclic) bond motifs is 1. The van der Waals surface area contributed by atoms with Gasteiger partial charge in [0.15, 0.2) is 11.4 Å². The number of pyridine rings is 2. The quantitative estimate of drug-likeness (QED) is 0.228. The third-order valence-electron chi connectivity index (χ3n) is 5.02. The van der Waals surface area contributed by atoms with Crippen molar-refractivity contribution < 1.29 is 28.9 Å². The number of aliphatic hydroxyl groups is 1. The summed E-state index contributed by atoms with van der Waals surface area (Å²) >= 11 is 2.98. The van der Waals surface area contributed by atoms with Crippen molar-refractivity contribution in [1.29, 1.82) is 0 Å². The molecule has 4 aromatic rings. The molecule has 0 saturated heterocycles. The number of carbonyl (C=O) groups is 2. The van der Waals surface area contributed by atoms with E-state index in [-0.39, 0.29) is 18.6 Å². The first-order chi connectivity index (χ1) is 18.9. The fraction of sp³-hybridized carbons (Fsp3) is 0.296. The molecular weight excluding hydrogens is 540 g/mol. The van der Waals surface area contributed by atoms with Gasteiger partial charge in [-0.2, -0.15) is 0 Å². The highest BCUT2D eigenvalue weighted by atomic mass is 32.2. The number of amides is 1. The number of thioether (sulfide) groups is 1. The Morgan fingerprint density at radius 2 is 1.92 bits per heavy atom. The fourth-order valence-electron chi connectivity index (χ4n) is 3.31. The van der Waals surface area contributed by atoms with Gasteiger partial charge in [-0.15, -0.1) is 11.8 Å². The van der Waals surface area contributed by atoms with E-state index < -0.39 is 0 Å². The molecule has 0 aliphatic heterocycles. The molecule has 12 heteroatoms. The maximum absolute atomic E-state index is 13.1. The van der Waals surface area contributed by atoms with E-state index in [9.17, 15) is 9.59 Å². The van der Waals surface area contributed by atoms with Crippen LogP contribution in [0.2, 0.25) is 0 Å². The van der Waals surface area contributed by atoms with Gasteiger partial charge in [-0.3, -0.25) is 14.9 Å². The number of benzene rings is 1. The molecule has 39 heavy (non-hydrogen) atoms. The maximum Gasteiger partial charge on any atom is 0.257 e. The number of aliphatic hydroxyl groups excluding tert-OH is 1. The van der Waals surface area contributed by atoms with Crippen LogP contribution in [0.1, 0.15) is 37.0 Å². The van der Waals surface area contributed by atoms with Gasteiger partial charge in [0.2, 0.25) is 5.88 Å². The summed E-state index contributed by atoms with van der Waals surface area (Å²) in [6, 6.07) is 12.2. The summed E-state index contributed by atoms with van der Waals surface area (Å²) < 4.78 is 17.1. The van der Waals surface area contributed by atoms with E-state index in [4.69, 9.17) is 19.3 Å². The smallest absolute Gasteiger partial charge is 0.257 e. The van der Waals surface area contributed by atoms with E-state index in [2.05, 4.69) is 20.3 Å². The average molecular weight is 569 g/mol. The van der Waals surface area contributed by atoms with E-state index in [1.165, 1.54) is 24.2 Å². The van der Waals surface area contributed by atoms with Crippen molar-refractivity contribution in [1.82, 2.24) is 15.0 Å². The van der Waals surface area contributed by atoms with E-state index in [0.29, 0.717) is 55.7 Å². The van der Waals surface area contributed by atoms with Crippen LogP contribution in [0.5, 0.6) is 23.1 Å². The Labute approximate surface area is 233 Å². The lowest BCUT2D eigenvalue weighted by Gasteiger charge is -2.14. The molecule has 10 nitrogen and oxygen atoms in total. The zero-order valence-corrected chi connectivity index (χ0v) is 23.3. The first kappa shape index (κ1) is 28.3. The molecule has 1 amide bonds. The minimum absolute atomic E-state index is 0.0836. The number of anilines is 1. The van der Waals surface area contributed by atoms with Crippen LogP contribution in [0.15, 0.2) is 53.7 Å². The van der Waals surface area contributed by atoms with Gasteiger partial charge < -0.3 is 19.3 Å². The molecule has 0 bridgehead atoms. The van der Waals surface area contributed by atoms with Crippen LogP contribution >= 0.6 is 23.1 Å². The number of ether oxygens (including phenoxy) is 3. The lowest BCUT2D eigenvalue weighted by molar-refractivity contribution is -0.109. The summed E-state index contributed by atoms with van der Waals surface area (Å²) in [4.78, 5) is 37.5. The number of nitrogens with one attached hydrogen (secondary N) is 1. The zero-order chi connectivity index (χ0) is 27.8. The molecule has 2 N–H and O–H groups in total. The number of rotatable bonds is 11. The Balaban J connectivity index is 0.00000172. The van der Waals surface area contributed by atoms with Crippen LogP contribution in [0.4, 0.5) is 5.13 Å². The largest absolute Gasteiger partial charge is 0.491 e. The van der Waals surface area contributed by atoms with Gasteiger partial charge in [-0.1, -0.05) is 11.3 Å². The van der Waals surface area contributed by atoms with Crippen molar-refractivity contribution in [2.45, 2.75) is 43.1 Å². The van der Waals surface area contributed by atoms with Crippen molar-refractivity contribution in [3.8, 4) is 23.1 Å². The Morgan fingerprint density at radius 3 is 2.62 bits per heavy atom. The summed E-state index contributed by atoms with van der Waals surface area (Å²) in [5.41, 5.74) is 0.958. The monoisotopic (exact) mass is 568 g/mol. The predicted octanol–water partition coefficient (Wildman–Crippen LogP) is 5.36. The normalized spacial score (nSPS) is 12.4. The maximum atomic E-state index is 13.1. The van der Waals surface area contributed by atoms with Crippen LogP contribution < -0.4 is 19.5 Å². The second kappa shape index (κ2) is 13.4. The molecule has 1 aliphatic carbocycles. The van der Waals surface area contributed by atoms with Crippen molar-refractivity contribution in [2.75, 3.05) is 19.0 Å². The highest BCUT2D eigenvalue weighted by Gasteiger charge is 2.23. The number of hydrogen-bond donors (Lipinski definition) is 2. The van der Waals surface area contributed by atoms with Crippen molar-refractivity contribution >= 4 is 50.8 Å². The molecule has 1 aromatic carbocycles. The standard InChI is InChI=1S/C26H24N4O5S2.CH4O/c1-15(2)34-18-11-16(12-19(13-18)35-17-3-8-23(27-14-17)36-20-4-5-20)24(32)30-26-28-21-6-7-22(33-10-9-31)29-25(21)37-26;1-2/h3,6-9,11-15,20H,4-5,10H2,1-2H3,(H,28,30,32);2H,1H3. The molecule has 1 aliphatic rings. The Morgan fingerprint density at radius 1 is 1.13 bits per heavy atom. The van der Waals surface area contributed by atoms with Gasteiger partial charge in [-0.05, 0) is 57.0 Å². The molecule has 204 valence electrons. The predicted molar refractivity (Wildman–Crippen MR) is 150 cm³/mol. The molecule has 1 fully saturated rings. The van der Waals surface area contributed by atoms with Crippen LogP contribution in [0.25, 0.3) is 10.3 Å². The van der Waals surface area contributed by atoms with Crippen molar-refractivity contribution in [3.05, 3.63) is 54.2 Å². The van der Waals surface area contributed by atoms with E-state index in [1.54, 1.807) is 48.3 Å². The minimum atomic E-state index is -0.371.